The molecule has 1 aromatic carbocycles. The first-order valence-corrected chi connectivity index (χ1v) is 5.05. The van der Waals surface area contributed by atoms with Crippen molar-refractivity contribution >= 4 is 0 Å². The molecule has 0 atom stereocenters. The number of nitrogens with zero attached hydrogens (tertiary/aromatic N) is 3. The molecular weight excluding hydrogens is 243 g/mol. The minimum Gasteiger partial charge on any atom is -0.303 e. The predicted octanol–water partition coefficient (Wildman–Crippen LogP) is 3.07. The Hall–Kier alpha value is -2.29. The van der Waals surface area contributed by atoms with E-state index in [1.165, 1.54) is 12.3 Å². The summed E-state index contributed by atoms with van der Waals surface area (Å²) in [5.74, 6) is 0.603. The zero-order valence-corrected chi connectivity index (χ0v) is 9.36. The molecule has 0 N–H and O–H groups in total. The molecule has 0 aliphatic rings. The number of benzene rings is 1. The summed E-state index contributed by atoms with van der Waals surface area (Å²) < 4.78 is 39.2. The summed E-state index contributed by atoms with van der Waals surface area (Å²) in [5.41, 5.74) is -0.480. The van der Waals surface area contributed by atoms with Gasteiger partial charge in [-0.25, -0.2) is 4.98 Å². The van der Waals surface area contributed by atoms with Crippen molar-refractivity contribution in [3.8, 4) is 11.8 Å². The van der Waals surface area contributed by atoms with Gasteiger partial charge in [0.1, 0.15) is 11.9 Å². The number of hydrogen-bond donors (Lipinski definition) is 0. The quantitative estimate of drug-likeness (QED) is 0.781. The first-order chi connectivity index (χ1) is 8.43. The molecule has 0 saturated heterocycles. The molecule has 18 heavy (non-hydrogen) atoms. The second-order valence-corrected chi connectivity index (χ2v) is 3.69. The molecule has 0 unspecified atom stereocenters. The van der Waals surface area contributed by atoms with Gasteiger partial charge in [0, 0.05) is 12.4 Å². The van der Waals surface area contributed by atoms with Gasteiger partial charge in [-0.2, -0.15) is 18.4 Å². The van der Waals surface area contributed by atoms with Crippen molar-refractivity contribution in [3.63, 3.8) is 0 Å². The van der Waals surface area contributed by atoms with Crippen LogP contribution in [-0.2, 0) is 6.18 Å². The molecule has 0 fully saturated rings. The highest BCUT2D eigenvalue weighted by atomic mass is 19.4. The lowest BCUT2D eigenvalue weighted by atomic mass is 10.1. The molecule has 3 nitrogen and oxygen atoms in total. The van der Waals surface area contributed by atoms with Crippen molar-refractivity contribution in [3.05, 3.63) is 47.5 Å². The number of nitriles is 1. The highest BCUT2D eigenvalue weighted by molar-refractivity contribution is 5.51. The topological polar surface area (TPSA) is 41.6 Å². The van der Waals surface area contributed by atoms with Crippen LogP contribution in [-0.4, -0.2) is 9.55 Å². The SMILES string of the molecule is Cc1nccn1-c1ccc(C(F)(F)F)cc1C#N. The van der Waals surface area contributed by atoms with E-state index in [1.54, 1.807) is 23.8 Å². The molecular formula is C12H8F3N3. The van der Waals surface area contributed by atoms with Gasteiger partial charge < -0.3 is 4.57 Å². The Bertz CT molecular complexity index is 620. The van der Waals surface area contributed by atoms with Crippen LogP contribution in [0.2, 0.25) is 0 Å². The summed E-state index contributed by atoms with van der Waals surface area (Å²) in [6, 6.07) is 4.84. The van der Waals surface area contributed by atoms with Crippen molar-refractivity contribution in [2.75, 3.05) is 0 Å². The standard InChI is InChI=1S/C12H8F3N3/c1-8-17-4-5-18(8)11-3-2-10(12(13,14)15)6-9(11)7-16/h2-6H,1H3. The third-order valence-corrected chi connectivity index (χ3v) is 2.53. The maximum atomic E-state index is 12.5. The summed E-state index contributed by atoms with van der Waals surface area (Å²) in [4.78, 5) is 3.97. The van der Waals surface area contributed by atoms with Crippen molar-refractivity contribution in [2.24, 2.45) is 0 Å². The second kappa shape index (κ2) is 4.18. The molecule has 92 valence electrons. The highest BCUT2D eigenvalue weighted by Crippen LogP contribution is 2.31. The fraction of sp³-hybridized carbons (Fsp3) is 0.167. The molecule has 0 bridgehead atoms. The average Bonchev–Trinajstić information content (AvgIpc) is 2.73. The summed E-state index contributed by atoms with van der Waals surface area (Å²) in [6.45, 7) is 1.71. The van der Waals surface area contributed by atoms with Crippen LogP contribution in [0.25, 0.3) is 5.69 Å². The molecule has 0 aliphatic heterocycles. The lowest BCUT2D eigenvalue weighted by molar-refractivity contribution is -0.137. The molecule has 1 heterocycles. The van der Waals surface area contributed by atoms with E-state index in [9.17, 15) is 13.2 Å². The van der Waals surface area contributed by atoms with Gasteiger partial charge in [-0.15, -0.1) is 0 Å². The molecule has 0 amide bonds. The third-order valence-electron chi connectivity index (χ3n) is 2.53. The number of aromatic nitrogens is 2. The number of alkyl halides is 3. The molecule has 2 rings (SSSR count). The number of imidazole rings is 1. The van der Waals surface area contributed by atoms with Gasteiger partial charge in [0.15, 0.2) is 0 Å². The lowest BCUT2D eigenvalue weighted by Gasteiger charge is -2.11. The summed E-state index contributed by atoms with van der Waals surface area (Å²) >= 11 is 0. The summed E-state index contributed by atoms with van der Waals surface area (Å²) in [6.07, 6.45) is -1.33. The number of halogens is 3. The largest absolute Gasteiger partial charge is 0.416 e. The molecule has 0 saturated carbocycles. The third kappa shape index (κ3) is 2.07. The minimum absolute atomic E-state index is 0.0362. The van der Waals surface area contributed by atoms with Crippen LogP contribution in [0, 0.1) is 18.3 Å². The van der Waals surface area contributed by atoms with Gasteiger partial charge in [0.05, 0.1) is 16.8 Å². The van der Waals surface area contributed by atoms with Gasteiger partial charge in [-0.1, -0.05) is 0 Å². The number of aryl methyl sites for hydroxylation is 1. The first kappa shape index (κ1) is 12.2. The Morgan fingerprint density at radius 3 is 2.56 bits per heavy atom. The Labute approximate surface area is 101 Å². The van der Waals surface area contributed by atoms with Gasteiger partial charge in [-0.3, -0.25) is 0 Å². The van der Waals surface area contributed by atoms with E-state index in [4.69, 9.17) is 5.26 Å². The van der Waals surface area contributed by atoms with Crippen LogP contribution >= 0.6 is 0 Å². The molecule has 1 aromatic heterocycles. The number of rotatable bonds is 1. The lowest BCUT2D eigenvalue weighted by Crippen LogP contribution is -2.07. The van der Waals surface area contributed by atoms with Crippen molar-refractivity contribution < 1.29 is 13.2 Å². The summed E-state index contributed by atoms with van der Waals surface area (Å²) in [7, 11) is 0. The van der Waals surface area contributed by atoms with E-state index in [2.05, 4.69) is 4.98 Å². The van der Waals surface area contributed by atoms with E-state index < -0.39 is 11.7 Å². The molecule has 0 radical (unpaired) electrons. The first-order valence-electron chi connectivity index (χ1n) is 5.05. The Morgan fingerprint density at radius 1 is 1.33 bits per heavy atom. The van der Waals surface area contributed by atoms with Crippen molar-refractivity contribution in [1.82, 2.24) is 9.55 Å². The van der Waals surface area contributed by atoms with Gasteiger partial charge >= 0.3 is 6.18 Å². The van der Waals surface area contributed by atoms with E-state index >= 15 is 0 Å². The second-order valence-electron chi connectivity index (χ2n) is 3.69. The Kier molecular flexibility index (Phi) is 2.83. The molecule has 6 heteroatoms. The fourth-order valence-corrected chi connectivity index (χ4v) is 1.64. The summed E-state index contributed by atoms with van der Waals surface area (Å²) in [5, 5.41) is 8.95. The Morgan fingerprint density at radius 2 is 2.06 bits per heavy atom. The fourth-order valence-electron chi connectivity index (χ4n) is 1.64. The van der Waals surface area contributed by atoms with Crippen molar-refractivity contribution in [2.45, 2.75) is 13.1 Å². The highest BCUT2D eigenvalue weighted by Gasteiger charge is 2.31. The normalized spacial score (nSPS) is 11.3. The van der Waals surface area contributed by atoms with E-state index in [-0.39, 0.29) is 5.56 Å². The minimum atomic E-state index is -4.45. The van der Waals surface area contributed by atoms with Crippen LogP contribution in [0.5, 0.6) is 0 Å². The van der Waals surface area contributed by atoms with E-state index in [0.29, 0.717) is 11.5 Å². The smallest absolute Gasteiger partial charge is 0.303 e. The van der Waals surface area contributed by atoms with Gasteiger partial charge in [0.25, 0.3) is 0 Å². The van der Waals surface area contributed by atoms with Crippen LogP contribution in [0.4, 0.5) is 13.2 Å². The van der Waals surface area contributed by atoms with Gasteiger partial charge in [-0.05, 0) is 25.1 Å². The van der Waals surface area contributed by atoms with Crippen LogP contribution < -0.4 is 0 Å². The van der Waals surface area contributed by atoms with E-state index in [0.717, 1.165) is 12.1 Å². The zero-order chi connectivity index (χ0) is 13.3. The average molecular weight is 251 g/mol. The Balaban J connectivity index is 2.59. The maximum absolute atomic E-state index is 12.5. The molecule has 2 aromatic rings. The maximum Gasteiger partial charge on any atom is 0.416 e. The van der Waals surface area contributed by atoms with E-state index in [1.807, 2.05) is 0 Å². The van der Waals surface area contributed by atoms with Crippen LogP contribution in [0.15, 0.2) is 30.6 Å². The molecule has 0 spiro atoms. The van der Waals surface area contributed by atoms with Crippen LogP contribution in [0.1, 0.15) is 17.0 Å². The van der Waals surface area contributed by atoms with Gasteiger partial charge in [0.2, 0.25) is 0 Å². The zero-order valence-electron chi connectivity index (χ0n) is 9.36. The number of hydrogen-bond acceptors (Lipinski definition) is 2. The predicted molar refractivity (Wildman–Crippen MR) is 58.0 cm³/mol. The molecule has 0 aliphatic carbocycles. The monoisotopic (exact) mass is 251 g/mol. The van der Waals surface area contributed by atoms with Crippen LogP contribution in [0.3, 0.4) is 0 Å². The van der Waals surface area contributed by atoms with Crippen molar-refractivity contribution in [1.29, 1.82) is 5.26 Å².